The first-order valence-electron chi connectivity index (χ1n) is 5.23. The van der Waals surface area contributed by atoms with Crippen molar-refractivity contribution in [1.82, 2.24) is 9.29 Å². The van der Waals surface area contributed by atoms with Crippen LogP contribution in [0.1, 0.15) is 26.7 Å². The summed E-state index contributed by atoms with van der Waals surface area (Å²) >= 11 is 7.68. The molecular weight excluding hydrogens is 228 g/mol. The second-order valence-electron chi connectivity index (χ2n) is 4.07. The van der Waals surface area contributed by atoms with E-state index in [2.05, 4.69) is 23.1 Å². The zero-order valence-corrected chi connectivity index (χ0v) is 10.6. The van der Waals surface area contributed by atoms with E-state index in [4.69, 9.17) is 11.6 Å². The molecule has 82 valence electrons. The van der Waals surface area contributed by atoms with E-state index in [1.54, 1.807) is 18.1 Å². The van der Waals surface area contributed by atoms with Gasteiger partial charge in [-0.05, 0) is 44.7 Å². The highest BCUT2D eigenvalue weighted by atomic mass is 35.5. The topological polar surface area (TPSA) is 16.1 Å². The SMILES string of the molecule is C[C@@H]1CC[C@H](C)N1Sc1cncc(Cl)c1. The first kappa shape index (κ1) is 11.2. The molecule has 1 aromatic rings. The molecule has 0 saturated carbocycles. The van der Waals surface area contributed by atoms with Crippen LogP contribution in [-0.2, 0) is 0 Å². The largest absolute Gasteiger partial charge is 0.262 e. The third-order valence-corrected chi connectivity index (χ3v) is 4.33. The summed E-state index contributed by atoms with van der Waals surface area (Å²) in [7, 11) is 0. The van der Waals surface area contributed by atoms with Crippen molar-refractivity contribution in [2.45, 2.75) is 43.7 Å². The smallest absolute Gasteiger partial charge is 0.0600 e. The fraction of sp³-hybridized carbons (Fsp3) is 0.545. The van der Waals surface area contributed by atoms with E-state index in [1.165, 1.54) is 12.8 Å². The zero-order valence-electron chi connectivity index (χ0n) is 8.98. The number of rotatable bonds is 2. The minimum absolute atomic E-state index is 0.643. The van der Waals surface area contributed by atoms with Gasteiger partial charge in [0.1, 0.15) is 0 Å². The predicted octanol–water partition coefficient (Wildman–Crippen LogP) is 3.61. The lowest BCUT2D eigenvalue weighted by atomic mass is 10.2. The second-order valence-corrected chi connectivity index (χ2v) is 5.58. The van der Waals surface area contributed by atoms with Crippen molar-refractivity contribution in [2.75, 3.05) is 0 Å². The molecule has 0 amide bonds. The Balaban J connectivity index is 2.08. The Kier molecular flexibility index (Phi) is 3.54. The van der Waals surface area contributed by atoms with E-state index in [1.807, 2.05) is 12.3 Å². The van der Waals surface area contributed by atoms with Gasteiger partial charge in [0, 0.05) is 29.4 Å². The van der Waals surface area contributed by atoms with Crippen LogP contribution in [0.15, 0.2) is 23.4 Å². The Morgan fingerprint density at radius 3 is 2.60 bits per heavy atom. The molecule has 1 saturated heterocycles. The van der Waals surface area contributed by atoms with Crippen molar-refractivity contribution in [1.29, 1.82) is 0 Å². The van der Waals surface area contributed by atoms with Gasteiger partial charge in [-0.2, -0.15) is 0 Å². The number of halogens is 1. The summed E-state index contributed by atoms with van der Waals surface area (Å²) in [6.45, 7) is 4.54. The molecule has 0 bridgehead atoms. The van der Waals surface area contributed by atoms with Gasteiger partial charge in [-0.1, -0.05) is 11.6 Å². The fourth-order valence-electron chi connectivity index (χ4n) is 1.92. The molecule has 2 atom stereocenters. The summed E-state index contributed by atoms with van der Waals surface area (Å²) in [6.07, 6.45) is 6.10. The van der Waals surface area contributed by atoms with E-state index >= 15 is 0 Å². The molecule has 1 aliphatic heterocycles. The van der Waals surface area contributed by atoms with Gasteiger partial charge in [-0.25, -0.2) is 4.31 Å². The molecule has 1 fully saturated rings. The predicted molar refractivity (Wildman–Crippen MR) is 65.1 cm³/mol. The van der Waals surface area contributed by atoms with Gasteiger partial charge in [-0.15, -0.1) is 0 Å². The standard InChI is InChI=1S/C11H15ClN2S/c1-8-3-4-9(2)14(8)15-11-5-10(12)6-13-7-11/h5-9H,3-4H2,1-2H3/t8-,9+. The van der Waals surface area contributed by atoms with Crippen molar-refractivity contribution < 1.29 is 0 Å². The van der Waals surface area contributed by atoms with Crippen LogP contribution >= 0.6 is 23.5 Å². The summed E-state index contributed by atoms with van der Waals surface area (Å²) in [5, 5.41) is 0.708. The first-order chi connectivity index (χ1) is 7.16. The average molecular weight is 243 g/mol. The molecule has 1 aromatic heterocycles. The monoisotopic (exact) mass is 242 g/mol. The lowest BCUT2D eigenvalue weighted by molar-refractivity contribution is 0.393. The van der Waals surface area contributed by atoms with E-state index in [0.717, 1.165) is 4.90 Å². The van der Waals surface area contributed by atoms with Crippen molar-refractivity contribution in [3.8, 4) is 0 Å². The minimum atomic E-state index is 0.643. The van der Waals surface area contributed by atoms with Gasteiger partial charge in [0.25, 0.3) is 0 Å². The van der Waals surface area contributed by atoms with Crippen molar-refractivity contribution >= 4 is 23.5 Å². The molecule has 0 unspecified atom stereocenters. The van der Waals surface area contributed by atoms with Crippen LogP contribution in [0, 0.1) is 0 Å². The number of hydrogen-bond acceptors (Lipinski definition) is 3. The summed E-state index contributed by atoms with van der Waals surface area (Å²) in [6, 6.07) is 3.25. The van der Waals surface area contributed by atoms with Crippen LogP contribution in [0.25, 0.3) is 0 Å². The van der Waals surface area contributed by atoms with Gasteiger partial charge in [0.2, 0.25) is 0 Å². The molecule has 4 heteroatoms. The molecule has 0 aromatic carbocycles. The number of pyridine rings is 1. The molecule has 1 aliphatic rings. The molecule has 2 heterocycles. The molecule has 15 heavy (non-hydrogen) atoms. The van der Waals surface area contributed by atoms with Gasteiger partial charge >= 0.3 is 0 Å². The third-order valence-electron chi connectivity index (χ3n) is 2.76. The minimum Gasteiger partial charge on any atom is -0.262 e. The Hall–Kier alpha value is -0.250. The maximum absolute atomic E-state index is 5.91. The Morgan fingerprint density at radius 1 is 1.33 bits per heavy atom. The molecular formula is C11H15ClN2S. The molecule has 2 nitrogen and oxygen atoms in total. The van der Waals surface area contributed by atoms with E-state index in [0.29, 0.717) is 17.1 Å². The number of nitrogens with zero attached hydrogens (tertiary/aromatic N) is 2. The van der Waals surface area contributed by atoms with Gasteiger partial charge in [0.05, 0.1) is 5.02 Å². The summed E-state index contributed by atoms with van der Waals surface area (Å²) in [4.78, 5) is 5.22. The molecule has 0 aliphatic carbocycles. The quantitative estimate of drug-likeness (QED) is 0.737. The number of hydrogen-bond donors (Lipinski definition) is 0. The maximum Gasteiger partial charge on any atom is 0.0600 e. The lowest BCUT2D eigenvalue weighted by Crippen LogP contribution is -2.25. The first-order valence-corrected chi connectivity index (χ1v) is 6.39. The molecule has 0 spiro atoms. The molecule has 0 N–H and O–H groups in total. The highest BCUT2D eigenvalue weighted by molar-refractivity contribution is 7.97. The van der Waals surface area contributed by atoms with Gasteiger partial charge in [-0.3, -0.25) is 4.98 Å². The summed E-state index contributed by atoms with van der Waals surface area (Å²) in [5.74, 6) is 0. The van der Waals surface area contributed by atoms with Gasteiger partial charge < -0.3 is 0 Å². The van der Waals surface area contributed by atoms with E-state index in [-0.39, 0.29) is 0 Å². The van der Waals surface area contributed by atoms with E-state index < -0.39 is 0 Å². The summed E-state index contributed by atoms with van der Waals surface area (Å²) in [5.41, 5.74) is 0. The van der Waals surface area contributed by atoms with E-state index in [9.17, 15) is 0 Å². The van der Waals surface area contributed by atoms with Gasteiger partial charge in [0.15, 0.2) is 0 Å². The maximum atomic E-state index is 5.91. The van der Waals surface area contributed by atoms with Crippen LogP contribution in [0.2, 0.25) is 5.02 Å². The number of aromatic nitrogens is 1. The third kappa shape index (κ3) is 2.65. The van der Waals surface area contributed by atoms with Crippen molar-refractivity contribution in [3.05, 3.63) is 23.5 Å². The van der Waals surface area contributed by atoms with Crippen LogP contribution in [0.4, 0.5) is 0 Å². The molecule has 0 radical (unpaired) electrons. The Morgan fingerprint density at radius 2 is 2.00 bits per heavy atom. The van der Waals surface area contributed by atoms with Crippen molar-refractivity contribution in [2.24, 2.45) is 0 Å². The second kappa shape index (κ2) is 4.73. The average Bonchev–Trinajstić information content (AvgIpc) is 2.50. The van der Waals surface area contributed by atoms with Crippen LogP contribution < -0.4 is 0 Å². The molecule has 2 rings (SSSR count). The van der Waals surface area contributed by atoms with Crippen LogP contribution in [0.5, 0.6) is 0 Å². The van der Waals surface area contributed by atoms with Crippen LogP contribution in [-0.4, -0.2) is 21.4 Å². The van der Waals surface area contributed by atoms with Crippen molar-refractivity contribution in [3.63, 3.8) is 0 Å². The zero-order chi connectivity index (χ0) is 10.8. The normalized spacial score (nSPS) is 27.1. The lowest BCUT2D eigenvalue weighted by Gasteiger charge is -2.24. The van der Waals surface area contributed by atoms with Crippen LogP contribution in [0.3, 0.4) is 0 Å². The highest BCUT2D eigenvalue weighted by Crippen LogP contribution is 2.35. The highest BCUT2D eigenvalue weighted by Gasteiger charge is 2.28. The Labute approximate surface area is 100 Å². The summed E-state index contributed by atoms with van der Waals surface area (Å²) < 4.78 is 2.44. The fourth-order valence-corrected chi connectivity index (χ4v) is 3.26. The Bertz CT molecular complexity index is 335.